The third-order valence-electron chi connectivity index (χ3n) is 5.91. The second-order valence-electron chi connectivity index (χ2n) is 7.53. The summed E-state index contributed by atoms with van der Waals surface area (Å²) in [7, 11) is 0. The van der Waals surface area contributed by atoms with Crippen LogP contribution in [0.5, 0.6) is 0 Å². The molecule has 2 aromatic heterocycles. The van der Waals surface area contributed by atoms with Crippen LogP contribution in [0.4, 0.5) is 0 Å². The van der Waals surface area contributed by atoms with E-state index in [2.05, 4.69) is 47.7 Å². The van der Waals surface area contributed by atoms with Gasteiger partial charge in [-0.2, -0.15) is 0 Å². The van der Waals surface area contributed by atoms with Crippen LogP contribution in [0.3, 0.4) is 0 Å². The molecule has 0 radical (unpaired) electrons. The molecule has 3 aromatic rings. The summed E-state index contributed by atoms with van der Waals surface area (Å²) in [5, 5.41) is 0. The van der Waals surface area contributed by atoms with E-state index in [0.29, 0.717) is 0 Å². The second-order valence-corrected chi connectivity index (χ2v) is 7.53. The number of benzene rings is 1. The van der Waals surface area contributed by atoms with Gasteiger partial charge in [0, 0.05) is 24.6 Å². The van der Waals surface area contributed by atoms with Crippen molar-refractivity contribution in [1.29, 1.82) is 0 Å². The van der Waals surface area contributed by atoms with E-state index in [9.17, 15) is 0 Å². The summed E-state index contributed by atoms with van der Waals surface area (Å²) in [5.41, 5.74) is 12.5. The van der Waals surface area contributed by atoms with Crippen LogP contribution in [0.2, 0.25) is 0 Å². The highest BCUT2D eigenvalue weighted by Gasteiger charge is 2.42. The van der Waals surface area contributed by atoms with Crippen LogP contribution >= 0.6 is 0 Å². The fourth-order valence-electron chi connectivity index (χ4n) is 4.46. The third-order valence-corrected chi connectivity index (χ3v) is 5.91. The molecule has 1 unspecified atom stereocenters. The van der Waals surface area contributed by atoms with Crippen LogP contribution in [0.15, 0.2) is 55.6 Å². The van der Waals surface area contributed by atoms with Crippen molar-refractivity contribution in [3.63, 3.8) is 0 Å². The largest absolute Gasteiger partial charge is 0.323 e. The Kier molecular flexibility index (Phi) is 4.37. The molecule has 1 aliphatic carbocycles. The van der Waals surface area contributed by atoms with Gasteiger partial charge in [-0.3, -0.25) is 4.98 Å². The van der Waals surface area contributed by atoms with E-state index in [0.717, 1.165) is 49.0 Å². The predicted molar refractivity (Wildman–Crippen MR) is 106 cm³/mol. The second kappa shape index (κ2) is 6.69. The summed E-state index contributed by atoms with van der Waals surface area (Å²) in [6.45, 7) is 6.56. The van der Waals surface area contributed by atoms with Gasteiger partial charge in [0.1, 0.15) is 0 Å². The molecular formula is C22H26N4. The smallest absolute Gasteiger partial charge is 0.155 e. The first kappa shape index (κ1) is 17.0. The molecule has 2 heterocycles. The molecule has 134 valence electrons. The van der Waals surface area contributed by atoms with Crippen LogP contribution in [-0.2, 0) is 6.42 Å². The Hall–Kier alpha value is -2.46. The van der Waals surface area contributed by atoms with Crippen molar-refractivity contribution >= 4 is 11.2 Å². The normalized spacial score (nSPS) is 21.8. The third kappa shape index (κ3) is 2.84. The fraction of sp³-hybridized carbons (Fsp3) is 0.364. The highest BCUT2D eigenvalue weighted by molar-refractivity contribution is 5.60. The van der Waals surface area contributed by atoms with Gasteiger partial charge in [0.25, 0.3) is 0 Å². The Morgan fingerprint density at radius 1 is 1.31 bits per heavy atom. The summed E-state index contributed by atoms with van der Waals surface area (Å²) in [6.07, 6.45) is 12.9. The van der Waals surface area contributed by atoms with E-state index in [-0.39, 0.29) is 11.5 Å². The fourth-order valence-corrected chi connectivity index (χ4v) is 4.46. The van der Waals surface area contributed by atoms with Gasteiger partial charge < -0.3 is 10.1 Å². The maximum atomic E-state index is 6.74. The lowest BCUT2D eigenvalue weighted by molar-refractivity contribution is 0.206. The van der Waals surface area contributed by atoms with Gasteiger partial charge in [-0.05, 0) is 47.8 Å². The van der Waals surface area contributed by atoms with Crippen molar-refractivity contribution in [2.75, 3.05) is 0 Å². The van der Waals surface area contributed by atoms with E-state index in [1.165, 1.54) is 11.1 Å². The number of rotatable bonds is 6. The minimum absolute atomic E-state index is 0.107. The molecule has 0 saturated carbocycles. The molecule has 0 saturated heterocycles. The molecule has 4 rings (SSSR count). The first-order chi connectivity index (χ1) is 12.6. The zero-order valence-electron chi connectivity index (χ0n) is 15.4. The van der Waals surface area contributed by atoms with Crippen LogP contribution in [0.1, 0.15) is 55.5 Å². The molecule has 0 spiro atoms. The van der Waals surface area contributed by atoms with Crippen molar-refractivity contribution in [2.24, 2.45) is 11.1 Å². The SMILES string of the molecule is C=C(CCC1(CCC)Cc2ccccc2[C@H]1N)c1cn2ccnc2cn1. The highest BCUT2D eigenvalue weighted by atomic mass is 15.0. The summed E-state index contributed by atoms with van der Waals surface area (Å²) >= 11 is 0. The van der Waals surface area contributed by atoms with Gasteiger partial charge >= 0.3 is 0 Å². The first-order valence-electron chi connectivity index (χ1n) is 9.43. The average Bonchev–Trinajstić information content (AvgIpc) is 3.23. The van der Waals surface area contributed by atoms with Gasteiger partial charge in [0.15, 0.2) is 5.65 Å². The van der Waals surface area contributed by atoms with E-state index >= 15 is 0 Å². The summed E-state index contributed by atoms with van der Waals surface area (Å²) in [4.78, 5) is 8.79. The number of imidazole rings is 1. The molecule has 1 aliphatic rings. The predicted octanol–water partition coefficient (Wildman–Crippen LogP) is 4.57. The first-order valence-corrected chi connectivity index (χ1v) is 9.43. The van der Waals surface area contributed by atoms with E-state index in [1.807, 2.05) is 16.8 Å². The number of hydrogen-bond acceptors (Lipinski definition) is 3. The van der Waals surface area contributed by atoms with Gasteiger partial charge in [0.2, 0.25) is 0 Å². The Bertz CT molecular complexity index is 942. The van der Waals surface area contributed by atoms with Gasteiger partial charge in [0.05, 0.1) is 11.9 Å². The average molecular weight is 346 g/mol. The molecule has 0 fully saturated rings. The van der Waals surface area contributed by atoms with E-state index < -0.39 is 0 Å². The molecule has 0 amide bonds. The lowest BCUT2D eigenvalue weighted by Crippen LogP contribution is -2.31. The molecule has 26 heavy (non-hydrogen) atoms. The molecular weight excluding hydrogens is 320 g/mol. The number of aromatic nitrogens is 3. The molecule has 0 aliphatic heterocycles. The lowest BCUT2D eigenvalue weighted by atomic mass is 9.73. The molecule has 0 bridgehead atoms. The minimum atomic E-state index is 0.107. The number of hydrogen-bond donors (Lipinski definition) is 1. The van der Waals surface area contributed by atoms with Gasteiger partial charge in [-0.25, -0.2) is 4.98 Å². The Morgan fingerprint density at radius 2 is 2.15 bits per heavy atom. The summed E-state index contributed by atoms with van der Waals surface area (Å²) < 4.78 is 1.99. The van der Waals surface area contributed by atoms with Crippen LogP contribution in [-0.4, -0.2) is 14.4 Å². The zero-order valence-corrected chi connectivity index (χ0v) is 15.4. The summed E-state index contributed by atoms with van der Waals surface area (Å²) in [6, 6.07) is 8.76. The lowest BCUT2D eigenvalue weighted by Gasteiger charge is -2.34. The van der Waals surface area contributed by atoms with Crippen LogP contribution < -0.4 is 5.73 Å². The van der Waals surface area contributed by atoms with Crippen molar-refractivity contribution in [3.05, 3.63) is 72.5 Å². The molecule has 4 nitrogen and oxygen atoms in total. The van der Waals surface area contributed by atoms with Crippen molar-refractivity contribution in [3.8, 4) is 0 Å². The molecule has 1 aromatic carbocycles. The monoisotopic (exact) mass is 346 g/mol. The topological polar surface area (TPSA) is 56.2 Å². The standard InChI is InChI=1S/C22H26N4/c1-3-9-22(13-17-6-4-5-7-18(17)21(22)23)10-8-16(2)19-15-26-12-11-24-20(26)14-25-19/h4-7,11-12,14-15,21H,2-3,8-10,13,23H2,1H3/t21-,22?/m1/s1. The number of nitrogens with two attached hydrogens (primary N) is 1. The summed E-state index contributed by atoms with van der Waals surface area (Å²) in [5.74, 6) is 0. The number of nitrogens with zero attached hydrogens (tertiary/aromatic N) is 3. The van der Waals surface area contributed by atoms with Crippen molar-refractivity contribution < 1.29 is 0 Å². The minimum Gasteiger partial charge on any atom is -0.323 e. The molecule has 2 N–H and O–H groups in total. The molecule has 2 atom stereocenters. The van der Waals surface area contributed by atoms with Crippen molar-refractivity contribution in [2.45, 2.75) is 45.1 Å². The van der Waals surface area contributed by atoms with E-state index in [1.54, 1.807) is 12.4 Å². The van der Waals surface area contributed by atoms with Crippen LogP contribution in [0.25, 0.3) is 11.2 Å². The highest BCUT2D eigenvalue weighted by Crippen LogP contribution is 2.50. The van der Waals surface area contributed by atoms with Crippen molar-refractivity contribution in [1.82, 2.24) is 14.4 Å². The van der Waals surface area contributed by atoms with Gasteiger partial charge in [-0.15, -0.1) is 0 Å². The van der Waals surface area contributed by atoms with Crippen LogP contribution in [0, 0.1) is 5.41 Å². The number of fused-ring (bicyclic) bond motifs is 2. The Labute approximate surface area is 154 Å². The quantitative estimate of drug-likeness (QED) is 0.711. The Morgan fingerprint density at radius 3 is 2.96 bits per heavy atom. The maximum absolute atomic E-state index is 6.74. The number of allylic oxidation sites excluding steroid dienone is 1. The zero-order chi connectivity index (χ0) is 18.1. The maximum Gasteiger partial charge on any atom is 0.155 e. The van der Waals surface area contributed by atoms with E-state index in [4.69, 9.17) is 5.73 Å². The van der Waals surface area contributed by atoms with Gasteiger partial charge in [-0.1, -0.05) is 44.2 Å². The molecule has 4 heteroatoms. The Balaban J connectivity index is 1.53.